The van der Waals surface area contributed by atoms with Crippen molar-refractivity contribution in [3.63, 3.8) is 0 Å². The number of rotatable bonds is 5. The van der Waals surface area contributed by atoms with E-state index in [1.54, 1.807) is 0 Å². The molecule has 0 saturated carbocycles. The average molecular weight is 396 g/mol. The summed E-state index contributed by atoms with van der Waals surface area (Å²) in [7, 11) is 0. The molecule has 23 heavy (non-hydrogen) atoms. The Bertz CT molecular complexity index is 860. The van der Waals surface area contributed by atoms with Crippen molar-refractivity contribution in [2.24, 2.45) is 0 Å². The minimum Gasteiger partial charge on any atom is -0.337 e. The smallest absolute Gasteiger partial charge is 0.285 e. The lowest BCUT2D eigenvalue weighted by molar-refractivity contribution is 0.358. The van der Waals surface area contributed by atoms with Crippen LogP contribution in [-0.2, 0) is 19.4 Å². The number of aromatic nitrogens is 4. The van der Waals surface area contributed by atoms with Gasteiger partial charge in [-0.2, -0.15) is 10.1 Å². The fourth-order valence-electron chi connectivity index (χ4n) is 2.03. The Morgan fingerprint density at radius 1 is 1.17 bits per heavy atom. The maximum absolute atomic E-state index is 11.8. The molecule has 0 aliphatic carbocycles. The van der Waals surface area contributed by atoms with Crippen LogP contribution in [0.1, 0.15) is 17.3 Å². The monoisotopic (exact) mass is 394 g/mol. The van der Waals surface area contributed by atoms with Gasteiger partial charge in [-0.15, -0.1) is 0 Å². The molecule has 2 heterocycles. The molecule has 0 atom stereocenters. The number of benzene rings is 1. The summed E-state index contributed by atoms with van der Waals surface area (Å²) in [6, 6.07) is 9.52. The van der Waals surface area contributed by atoms with Crippen LogP contribution in [-0.4, -0.2) is 19.9 Å². The maximum Gasteiger partial charge on any atom is 0.285 e. The summed E-state index contributed by atoms with van der Waals surface area (Å²) in [6.07, 6.45) is 2.92. The molecular weight excluding hydrogens is 384 g/mol. The lowest BCUT2D eigenvalue weighted by Gasteiger charge is -1.99. The molecule has 0 radical (unpaired) electrons. The second kappa shape index (κ2) is 7.06. The normalized spacial score (nSPS) is 10.9. The molecule has 3 rings (SSSR count). The van der Waals surface area contributed by atoms with Crippen molar-refractivity contribution in [1.29, 1.82) is 0 Å². The Morgan fingerprint density at radius 2 is 1.96 bits per heavy atom. The second-order valence-corrected chi connectivity index (χ2v) is 6.20. The van der Waals surface area contributed by atoms with E-state index < -0.39 is 0 Å². The van der Waals surface area contributed by atoms with Gasteiger partial charge in [0, 0.05) is 17.1 Å². The Hall–Kier alpha value is -1.99. The average Bonchev–Trinajstić information content (AvgIpc) is 2.99. The predicted molar refractivity (Wildman–Crippen MR) is 88.5 cm³/mol. The van der Waals surface area contributed by atoms with Gasteiger partial charge in [0.05, 0.1) is 0 Å². The third-order valence-corrected chi connectivity index (χ3v) is 4.03. The first-order chi connectivity index (χ1) is 11.1. The molecule has 8 heteroatoms. The SMILES string of the molecule is O=c1c(Cl)ccnn1Cc1nc(CCc2ccc(Br)cc2)no1. The maximum atomic E-state index is 11.8. The van der Waals surface area contributed by atoms with Crippen molar-refractivity contribution in [3.8, 4) is 0 Å². The van der Waals surface area contributed by atoms with E-state index in [1.807, 2.05) is 24.3 Å². The zero-order valence-corrected chi connectivity index (χ0v) is 14.3. The lowest BCUT2D eigenvalue weighted by atomic mass is 10.1. The van der Waals surface area contributed by atoms with Crippen LogP contribution >= 0.6 is 27.5 Å². The van der Waals surface area contributed by atoms with E-state index in [1.165, 1.54) is 22.5 Å². The van der Waals surface area contributed by atoms with E-state index in [0.29, 0.717) is 18.1 Å². The van der Waals surface area contributed by atoms with E-state index in [0.717, 1.165) is 10.9 Å². The fourth-order valence-corrected chi connectivity index (χ4v) is 2.45. The van der Waals surface area contributed by atoms with Crippen LogP contribution in [0.15, 0.2) is 50.3 Å². The Labute approximate surface area is 145 Å². The quantitative estimate of drug-likeness (QED) is 0.664. The molecule has 0 aliphatic heterocycles. The molecule has 0 unspecified atom stereocenters. The van der Waals surface area contributed by atoms with E-state index >= 15 is 0 Å². The number of nitrogens with zero attached hydrogens (tertiary/aromatic N) is 4. The topological polar surface area (TPSA) is 73.8 Å². The summed E-state index contributed by atoms with van der Waals surface area (Å²) in [5, 5.41) is 7.96. The molecule has 2 aromatic heterocycles. The molecule has 1 aromatic carbocycles. The molecule has 0 amide bonds. The van der Waals surface area contributed by atoms with Crippen molar-refractivity contribution in [3.05, 3.63) is 73.7 Å². The van der Waals surface area contributed by atoms with Gasteiger partial charge in [-0.1, -0.05) is 44.8 Å². The van der Waals surface area contributed by atoms with Crippen molar-refractivity contribution in [2.75, 3.05) is 0 Å². The highest BCUT2D eigenvalue weighted by Crippen LogP contribution is 2.12. The third-order valence-electron chi connectivity index (χ3n) is 3.21. The first-order valence-electron chi connectivity index (χ1n) is 6.89. The summed E-state index contributed by atoms with van der Waals surface area (Å²) in [4.78, 5) is 16.1. The van der Waals surface area contributed by atoms with Crippen molar-refractivity contribution in [1.82, 2.24) is 19.9 Å². The molecule has 6 nitrogen and oxygen atoms in total. The highest BCUT2D eigenvalue weighted by atomic mass is 79.9. The first-order valence-corrected chi connectivity index (χ1v) is 8.06. The van der Waals surface area contributed by atoms with Crippen LogP contribution in [0.5, 0.6) is 0 Å². The number of aryl methyl sites for hydroxylation is 2. The minimum atomic E-state index is -0.385. The fraction of sp³-hybridized carbons (Fsp3) is 0.200. The Kier molecular flexibility index (Phi) is 4.88. The van der Waals surface area contributed by atoms with Gasteiger partial charge in [-0.3, -0.25) is 4.79 Å². The van der Waals surface area contributed by atoms with Crippen LogP contribution in [0.25, 0.3) is 0 Å². The summed E-state index contributed by atoms with van der Waals surface area (Å²) >= 11 is 9.17. The zero-order valence-electron chi connectivity index (χ0n) is 11.9. The van der Waals surface area contributed by atoms with Gasteiger partial charge in [-0.05, 0) is 30.2 Å². The van der Waals surface area contributed by atoms with Gasteiger partial charge < -0.3 is 4.52 Å². The number of halogens is 2. The van der Waals surface area contributed by atoms with Gasteiger partial charge in [-0.25, -0.2) is 4.68 Å². The molecule has 0 spiro atoms. The van der Waals surface area contributed by atoms with Gasteiger partial charge in [0.2, 0.25) is 5.89 Å². The van der Waals surface area contributed by atoms with Gasteiger partial charge in [0.25, 0.3) is 5.56 Å². The number of hydrogen-bond donors (Lipinski definition) is 0. The molecule has 3 aromatic rings. The van der Waals surface area contributed by atoms with Gasteiger partial charge in [0.15, 0.2) is 5.82 Å². The largest absolute Gasteiger partial charge is 0.337 e. The van der Waals surface area contributed by atoms with E-state index in [9.17, 15) is 4.79 Å². The molecule has 0 fully saturated rings. The van der Waals surface area contributed by atoms with E-state index in [4.69, 9.17) is 16.1 Å². The predicted octanol–water partition coefficient (Wildman–Crippen LogP) is 2.88. The van der Waals surface area contributed by atoms with Crippen LogP contribution in [0, 0.1) is 0 Å². The van der Waals surface area contributed by atoms with E-state index in [2.05, 4.69) is 31.2 Å². The van der Waals surface area contributed by atoms with E-state index in [-0.39, 0.29) is 17.1 Å². The van der Waals surface area contributed by atoms with Crippen molar-refractivity contribution < 1.29 is 4.52 Å². The molecular formula is C15H12BrClN4O2. The van der Waals surface area contributed by atoms with Crippen molar-refractivity contribution in [2.45, 2.75) is 19.4 Å². The third kappa shape index (κ3) is 4.05. The van der Waals surface area contributed by atoms with Gasteiger partial charge >= 0.3 is 0 Å². The molecule has 0 saturated heterocycles. The first kappa shape index (κ1) is 15.9. The summed E-state index contributed by atoms with van der Waals surface area (Å²) < 4.78 is 7.39. The highest BCUT2D eigenvalue weighted by Gasteiger charge is 2.10. The molecule has 0 bridgehead atoms. The highest BCUT2D eigenvalue weighted by molar-refractivity contribution is 9.10. The Balaban J connectivity index is 1.65. The van der Waals surface area contributed by atoms with Crippen LogP contribution in [0.2, 0.25) is 5.02 Å². The molecule has 118 valence electrons. The minimum absolute atomic E-state index is 0.102. The summed E-state index contributed by atoms with van der Waals surface area (Å²) in [6.45, 7) is 0.102. The zero-order chi connectivity index (χ0) is 16.2. The summed E-state index contributed by atoms with van der Waals surface area (Å²) in [5.41, 5.74) is 0.802. The van der Waals surface area contributed by atoms with Crippen molar-refractivity contribution >= 4 is 27.5 Å². The van der Waals surface area contributed by atoms with Crippen LogP contribution in [0.3, 0.4) is 0 Å². The number of hydrogen-bond acceptors (Lipinski definition) is 5. The molecule has 0 aliphatic rings. The Morgan fingerprint density at radius 3 is 2.74 bits per heavy atom. The summed E-state index contributed by atoms with van der Waals surface area (Å²) in [5.74, 6) is 0.922. The van der Waals surface area contributed by atoms with Gasteiger partial charge in [0.1, 0.15) is 11.6 Å². The second-order valence-electron chi connectivity index (χ2n) is 4.87. The lowest BCUT2D eigenvalue weighted by Crippen LogP contribution is -2.23. The van der Waals surface area contributed by atoms with Crippen LogP contribution in [0.4, 0.5) is 0 Å². The molecule has 0 N–H and O–H groups in total. The van der Waals surface area contributed by atoms with Crippen LogP contribution < -0.4 is 5.56 Å². The standard InChI is InChI=1S/C15H12BrClN4O2/c16-11-4-1-10(2-5-11)3-6-13-19-14(23-20-13)9-21-15(22)12(17)7-8-18-21/h1-2,4-5,7-8H,3,6,9H2.